The Morgan fingerprint density at radius 3 is 2.74 bits per heavy atom. The summed E-state index contributed by atoms with van der Waals surface area (Å²) < 4.78 is 2.00. The summed E-state index contributed by atoms with van der Waals surface area (Å²) in [7, 11) is 1.99. The summed E-state index contributed by atoms with van der Waals surface area (Å²) in [6.07, 6.45) is 4.54. The van der Waals surface area contributed by atoms with Crippen molar-refractivity contribution in [3.63, 3.8) is 0 Å². The highest BCUT2D eigenvalue weighted by molar-refractivity contribution is 5.85. The fourth-order valence-electron chi connectivity index (χ4n) is 2.22. The molecule has 5 heteroatoms. The number of nitrogens with zero attached hydrogens (tertiary/aromatic N) is 3. The van der Waals surface area contributed by atoms with E-state index in [2.05, 4.69) is 36.1 Å². The minimum absolute atomic E-state index is 0.123. The monoisotopic (exact) mass is 261 g/mol. The first-order valence-electron chi connectivity index (χ1n) is 6.66. The maximum Gasteiger partial charge on any atom is 0.154 e. The van der Waals surface area contributed by atoms with Crippen molar-refractivity contribution >= 4 is 16.9 Å². The molecule has 0 saturated carbocycles. The summed E-state index contributed by atoms with van der Waals surface area (Å²) in [6.45, 7) is 7.28. The van der Waals surface area contributed by atoms with Crippen molar-refractivity contribution in [3.8, 4) is 0 Å². The van der Waals surface area contributed by atoms with Crippen molar-refractivity contribution in [3.05, 3.63) is 18.6 Å². The van der Waals surface area contributed by atoms with E-state index in [1.165, 1.54) is 0 Å². The summed E-state index contributed by atoms with van der Waals surface area (Å²) in [4.78, 5) is 8.85. The lowest BCUT2D eigenvalue weighted by Gasteiger charge is -2.31. The zero-order chi connectivity index (χ0) is 14.0. The Kier molecular flexibility index (Phi) is 3.75. The number of hydrogen-bond donors (Lipinski definition) is 2. The average Bonchev–Trinajstić information content (AvgIpc) is 2.71. The number of anilines is 1. The largest absolute Gasteiger partial charge is 0.365 e. The molecule has 0 aromatic carbocycles. The molecule has 2 heterocycles. The minimum Gasteiger partial charge on any atom is -0.365 e. The van der Waals surface area contributed by atoms with Gasteiger partial charge in [-0.2, -0.15) is 0 Å². The van der Waals surface area contributed by atoms with Crippen molar-refractivity contribution in [1.82, 2.24) is 14.5 Å². The lowest BCUT2D eigenvalue weighted by atomic mass is 9.85. The Bertz CT molecular complexity index is 552. The van der Waals surface area contributed by atoms with Crippen LogP contribution in [0.5, 0.6) is 0 Å². The summed E-state index contributed by atoms with van der Waals surface area (Å²) in [5, 5.41) is 3.51. The van der Waals surface area contributed by atoms with Crippen LogP contribution in [0.2, 0.25) is 0 Å². The molecule has 0 aliphatic carbocycles. The van der Waals surface area contributed by atoms with Crippen LogP contribution >= 0.6 is 0 Å². The zero-order valence-corrected chi connectivity index (χ0v) is 12.1. The van der Waals surface area contributed by atoms with E-state index < -0.39 is 0 Å². The van der Waals surface area contributed by atoms with Gasteiger partial charge in [-0.15, -0.1) is 0 Å². The molecule has 3 N–H and O–H groups in total. The molecule has 0 fully saturated rings. The van der Waals surface area contributed by atoms with Crippen LogP contribution in [-0.2, 0) is 7.05 Å². The van der Waals surface area contributed by atoms with Crippen molar-refractivity contribution in [2.75, 3.05) is 11.9 Å². The fraction of sp³-hybridized carbons (Fsp3) is 0.571. The summed E-state index contributed by atoms with van der Waals surface area (Å²) in [5.41, 5.74) is 7.83. The van der Waals surface area contributed by atoms with Gasteiger partial charge in [-0.05, 0) is 24.4 Å². The molecule has 0 saturated heterocycles. The smallest absolute Gasteiger partial charge is 0.154 e. The van der Waals surface area contributed by atoms with Crippen LogP contribution in [0.4, 0.5) is 5.82 Å². The maximum absolute atomic E-state index is 5.72. The van der Waals surface area contributed by atoms with E-state index in [0.29, 0.717) is 6.54 Å². The van der Waals surface area contributed by atoms with Gasteiger partial charge in [0, 0.05) is 19.3 Å². The lowest BCUT2D eigenvalue weighted by molar-refractivity contribution is 0.328. The molecule has 0 amide bonds. The number of pyridine rings is 1. The van der Waals surface area contributed by atoms with Crippen molar-refractivity contribution < 1.29 is 0 Å². The maximum atomic E-state index is 5.72. The second-order valence-corrected chi connectivity index (χ2v) is 6.02. The molecule has 1 atom stereocenters. The third-order valence-corrected chi connectivity index (χ3v) is 3.45. The van der Waals surface area contributed by atoms with Gasteiger partial charge in [0.05, 0.1) is 11.8 Å². The third-order valence-electron chi connectivity index (χ3n) is 3.45. The molecule has 104 valence electrons. The Morgan fingerprint density at radius 1 is 1.37 bits per heavy atom. The quantitative estimate of drug-likeness (QED) is 0.884. The number of nitrogens with two attached hydrogens (primary N) is 1. The molecule has 19 heavy (non-hydrogen) atoms. The topological polar surface area (TPSA) is 68.8 Å². The number of nitrogens with one attached hydrogen (secondary N) is 1. The van der Waals surface area contributed by atoms with Gasteiger partial charge in [0.15, 0.2) is 5.82 Å². The molecule has 0 radical (unpaired) electrons. The van der Waals surface area contributed by atoms with Gasteiger partial charge >= 0.3 is 0 Å². The van der Waals surface area contributed by atoms with Gasteiger partial charge in [-0.1, -0.05) is 20.8 Å². The highest BCUT2D eigenvalue weighted by atomic mass is 15.1. The molecular weight excluding hydrogens is 238 g/mol. The van der Waals surface area contributed by atoms with Crippen LogP contribution in [0, 0.1) is 5.41 Å². The van der Waals surface area contributed by atoms with E-state index in [9.17, 15) is 0 Å². The predicted octanol–water partition coefficient (Wildman–Crippen LogP) is 2.14. The number of aromatic nitrogens is 3. The van der Waals surface area contributed by atoms with E-state index in [-0.39, 0.29) is 11.5 Å². The van der Waals surface area contributed by atoms with E-state index in [0.717, 1.165) is 23.3 Å². The molecular formula is C14H23N5. The van der Waals surface area contributed by atoms with Gasteiger partial charge in [0.25, 0.3) is 0 Å². The molecule has 2 rings (SSSR count). The van der Waals surface area contributed by atoms with E-state index >= 15 is 0 Å². The van der Waals surface area contributed by atoms with E-state index in [1.54, 1.807) is 0 Å². The van der Waals surface area contributed by atoms with Crippen LogP contribution in [-0.4, -0.2) is 27.1 Å². The Morgan fingerprint density at radius 2 is 2.11 bits per heavy atom. The highest BCUT2D eigenvalue weighted by Gasteiger charge is 2.25. The second-order valence-electron chi connectivity index (χ2n) is 6.02. The van der Waals surface area contributed by atoms with Gasteiger partial charge in [-0.3, -0.25) is 0 Å². The number of fused-ring (bicyclic) bond motifs is 1. The third kappa shape index (κ3) is 2.87. The standard InChI is InChI=1S/C14H23N5/c1-14(2,3)11(5-7-15)18-13-12-10(6-8-16-13)19(4)9-17-12/h6,8-9,11H,5,7,15H2,1-4H3,(H,16,18). The molecule has 1 unspecified atom stereocenters. The molecule has 0 spiro atoms. The normalized spacial score (nSPS) is 13.7. The lowest BCUT2D eigenvalue weighted by Crippen LogP contribution is -2.36. The van der Waals surface area contributed by atoms with Gasteiger partial charge in [0.1, 0.15) is 5.52 Å². The van der Waals surface area contributed by atoms with Gasteiger partial charge in [-0.25, -0.2) is 9.97 Å². The molecule has 0 aliphatic heterocycles. The number of aryl methyl sites for hydroxylation is 1. The zero-order valence-electron chi connectivity index (χ0n) is 12.1. The predicted molar refractivity (Wildman–Crippen MR) is 79.0 cm³/mol. The number of imidazole rings is 1. The van der Waals surface area contributed by atoms with Crippen molar-refractivity contribution in [2.24, 2.45) is 18.2 Å². The molecule has 0 aliphatic rings. The Labute approximate surface area is 114 Å². The highest BCUT2D eigenvalue weighted by Crippen LogP contribution is 2.27. The molecule has 0 bridgehead atoms. The fourth-order valence-corrected chi connectivity index (χ4v) is 2.22. The molecule has 2 aromatic rings. The average molecular weight is 261 g/mol. The van der Waals surface area contributed by atoms with E-state index in [1.807, 2.05) is 30.2 Å². The Hall–Kier alpha value is -1.62. The first kappa shape index (κ1) is 13.8. The summed E-state index contributed by atoms with van der Waals surface area (Å²) in [6, 6.07) is 2.25. The van der Waals surface area contributed by atoms with Crippen LogP contribution in [0.15, 0.2) is 18.6 Å². The van der Waals surface area contributed by atoms with Crippen molar-refractivity contribution in [2.45, 2.75) is 33.2 Å². The molecule has 5 nitrogen and oxygen atoms in total. The second kappa shape index (κ2) is 5.17. The minimum atomic E-state index is 0.123. The van der Waals surface area contributed by atoms with Crippen LogP contribution in [0.25, 0.3) is 11.0 Å². The summed E-state index contributed by atoms with van der Waals surface area (Å²) >= 11 is 0. The first-order chi connectivity index (χ1) is 8.93. The number of hydrogen-bond acceptors (Lipinski definition) is 4. The van der Waals surface area contributed by atoms with Gasteiger partial charge in [0.2, 0.25) is 0 Å². The van der Waals surface area contributed by atoms with Crippen LogP contribution in [0.1, 0.15) is 27.2 Å². The first-order valence-corrected chi connectivity index (χ1v) is 6.66. The molecule has 2 aromatic heterocycles. The van der Waals surface area contributed by atoms with Crippen LogP contribution < -0.4 is 11.1 Å². The SMILES string of the molecule is Cn1cnc2c(NC(CCN)C(C)(C)C)nccc21. The summed E-state index contributed by atoms with van der Waals surface area (Å²) in [5.74, 6) is 0.839. The van der Waals surface area contributed by atoms with E-state index in [4.69, 9.17) is 5.73 Å². The van der Waals surface area contributed by atoms with Gasteiger partial charge < -0.3 is 15.6 Å². The number of rotatable bonds is 4. The van der Waals surface area contributed by atoms with Crippen molar-refractivity contribution in [1.29, 1.82) is 0 Å². The van der Waals surface area contributed by atoms with Crippen LogP contribution in [0.3, 0.4) is 0 Å². The Balaban J connectivity index is 2.34.